The molecule has 2 saturated heterocycles. The highest BCUT2D eigenvalue weighted by molar-refractivity contribution is 5.90. The number of carbonyl (C=O) groups excluding carboxylic acids is 2. The third-order valence-corrected chi connectivity index (χ3v) is 7.64. The number of ether oxygens (including phenoxy) is 4. The van der Waals surface area contributed by atoms with Crippen LogP contribution in [0.15, 0.2) is 24.3 Å². The van der Waals surface area contributed by atoms with Gasteiger partial charge in [0, 0.05) is 24.8 Å². The SMILES string of the molecule is C=C1C(=O)O[C@H]2CC(=C)[C@H]3CC[C@@](C)(O[C@@H]4O[C@H](COC(C)=O)[C@@H](O)[C@H](O)[C@H]4O)[C@@H]3C[C@H]12. The van der Waals surface area contributed by atoms with Gasteiger partial charge in [0.2, 0.25) is 0 Å². The largest absolute Gasteiger partial charge is 0.463 e. The molecule has 0 spiro atoms. The lowest BCUT2D eigenvalue weighted by Crippen LogP contribution is -2.61. The molecule has 0 aromatic rings. The molecule has 32 heavy (non-hydrogen) atoms. The third kappa shape index (κ3) is 4.01. The Hall–Kier alpha value is -1.78. The Morgan fingerprint density at radius 1 is 1.19 bits per heavy atom. The van der Waals surface area contributed by atoms with Crippen molar-refractivity contribution in [2.45, 2.75) is 81.9 Å². The molecule has 0 aromatic heterocycles. The molecule has 178 valence electrons. The Labute approximate surface area is 187 Å². The summed E-state index contributed by atoms with van der Waals surface area (Å²) in [4.78, 5) is 23.2. The molecule has 2 aliphatic heterocycles. The maximum absolute atomic E-state index is 12.1. The van der Waals surface area contributed by atoms with Crippen LogP contribution in [0.5, 0.6) is 0 Å². The van der Waals surface area contributed by atoms with Crippen LogP contribution in [0, 0.1) is 17.8 Å². The molecule has 2 saturated carbocycles. The van der Waals surface area contributed by atoms with E-state index in [1.807, 2.05) is 6.92 Å². The summed E-state index contributed by atoms with van der Waals surface area (Å²) in [6, 6.07) is 0. The minimum atomic E-state index is -1.52. The predicted octanol–water partition coefficient (Wildman–Crippen LogP) is 0.606. The number of aliphatic hydroxyl groups excluding tert-OH is 3. The summed E-state index contributed by atoms with van der Waals surface area (Å²) in [5.41, 5.74) is 0.728. The van der Waals surface area contributed by atoms with Gasteiger partial charge in [-0.1, -0.05) is 18.7 Å². The highest BCUT2D eigenvalue weighted by Crippen LogP contribution is 2.54. The van der Waals surface area contributed by atoms with Crippen molar-refractivity contribution in [1.29, 1.82) is 0 Å². The van der Waals surface area contributed by atoms with E-state index in [1.54, 1.807) is 0 Å². The van der Waals surface area contributed by atoms with Gasteiger partial charge in [-0.3, -0.25) is 4.79 Å². The standard InChI is InChI=1S/C23H32O9/c1-10-7-16-14(11(2)21(28)30-16)8-15-13(10)5-6-23(15,4)32-22-20(27)19(26)18(25)17(31-22)9-29-12(3)24/h13-20,22,25-27H,1-2,5-9H2,3-4H3/t13-,14-,15-,16+,17-,18-,19+,20-,22+,23-/m1/s1. The topological polar surface area (TPSA) is 132 Å². The van der Waals surface area contributed by atoms with E-state index in [1.165, 1.54) is 6.92 Å². The van der Waals surface area contributed by atoms with E-state index >= 15 is 0 Å². The van der Waals surface area contributed by atoms with Gasteiger partial charge in [0.05, 0.1) is 5.60 Å². The summed E-state index contributed by atoms with van der Waals surface area (Å²) in [6.07, 6.45) is -4.27. The summed E-state index contributed by atoms with van der Waals surface area (Å²) in [5.74, 6) is -0.919. The Kier molecular flexibility index (Phi) is 6.23. The van der Waals surface area contributed by atoms with Crippen LogP contribution in [-0.4, -0.2) is 76.3 Å². The van der Waals surface area contributed by atoms with Crippen molar-refractivity contribution in [3.8, 4) is 0 Å². The number of rotatable bonds is 4. The lowest BCUT2D eigenvalue weighted by molar-refractivity contribution is -0.329. The van der Waals surface area contributed by atoms with Gasteiger partial charge >= 0.3 is 11.9 Å². The summed E-state index contributed by atoms with van der Waals surface area (Å²) in [7, 11) is 0. The maximum Gasteiger partial charge on any atom is 0.334 e. The van der Waals surface area contributed by atoms with E-state index < -0.39 is 42.3 Å². The monoisotopic (exact) mass is 452 g/mol. The molecule has 0 amide bonds. The minimum absolute atomic E-state index is 0.0250. The zero-order valence-corrected chi connectivity index (χ0v) is 18.4. The minimum Gasteiger partial charge on any atom is -0.463 e. The van der Waals surface area contributed by atoms with Gasteiger partial charge in [-0.15, -0.1) is 0 Å². The summed E-state index contributed by atoms with van der Waals surface area (Å²) in [5, 5.41) is 31.1. The molecular formula is C23H32O9. The molecule has 4 aliphatic rings. The first kappa shape index (κ1) is 23.4. The summed E-state index contributed by atoms with van der Waals surface area (Å²) >= 11 is 0. The lowest BCUT2D eigenvalue weighted by atomic mass is 9.78. The first-order valence-corrected chi connectivity index (χ1v) is 11.1. The fourth-order valence-corrected chi connectivity index (χ4v) is 5.75. The normalized spacial score (nSPS) is 46.3. The van der Waals surface area contributed by atoms with Crippen molar-refractivity contribution in [3.05, 3.63) is 24.3 Å². The average Bonchev–Trinajstić information content (AvgIpc) is 3.13. The predicted molar refractivity (Wildman–Crippen MR) is 110 cm³/mol. The van der Waals surface area contributed by atoms with Gasteiger partial charge in [-0.05, 0) is 38.0 Å². The van der Waals surface area contributed by atoms with Crippen molar-refractivity contribution in [3.63, 3.8) is 0 Å². The molecule has 2 heterocycles. The van der Waals surface area contributed by atoms with Crippen LogP contribution in [0.3, 0.4) is 0 Å². The van der Waals surface area contributed by atoms with Gasteiger partial charge in [0.1, 0.15) is 37.1 Å². The number of hydrogen-bond donors (Lipinski definition) is 3. The molecule has 9 heteroatoms. The molecular weight excluding hydrogens is 420 g/mol. The van der Waals surface area contributed by atoms with E-state index in [4.69, 9.17) is 18.9 Å². The first-order chi connectivity index (χ1) is 15.0. The van der Waals surface area contributed by atoms with Gasteiger partial charge in [-0.2, -0.15) is 0 Å². The lowest BCUT2D eigenvalue weighted by Gasteiger charge is -2.44. The van der Waals surface area contributed by atoms with E-state index in [2.05, 4.69) is 13.2 Å². The molecule has 9 nitrogen and oxygen atoms in total. The Bertz CT molecular complexity index is 809. The molecule has 4 rings (SSSR count). The van der Waals surface area contributed by atoms with Crippen molar-refractivity contribution < 1.29 is 43.9 Å². The van der Waals surface area contributed by atoms with E-state index in [0.717, 1.165) is 12.0 Å². The Morgan fingerprint density at radius 2 is 1.91 bits per heavy atom. The van der Waals surface area contributed by atoms with Crippen LogP contribution in [-0.2, 0) is 28.5 Å². The molecule has 4 fully saturated rings. The van der Waals surface area contributed by atoms with E-state index in [0.29, 0.717) is 24.8 Å². The highest BCUT2D eigenvalue weighted by Gasteiger charge is 2.56. The molecule has 0 bridgehead atoms. The maximum atomic E-state index is 12.1. The fraction of sp³-hybridized carbons (Fsp3) is 0.739. The van der Waals surface area contributed by atoms with Gasteiger partial charge in [-0.25, -0.2) is 4.79 Å². The molecule has 10 atom stereocenters. The second kappa shape index (κ2) is 8.53. The van der Waals surface area contributed by atoms with Crippen LogP contribution in [0.4, 0.5) is 0 Å². The number of hydrogen-bond acceptors (Lipinski definition) is 9. The van der Waals surface area contributed by atoms with Crippen LogP contribution in [0.1, 0.15) is 39.5 Å². The molecule has 0 unspecified atom stereocenters. The van der Waals surface area contributed by atoms with Crippen molar-refractivity contribution >= 4 is 11.9 Å². The molecule has 2 aliphatic carbocycles. The second-order valence-electron chi connectivity index (χ2n) is 9.67. The van der Waals surface area contributed by atoms with Gasteiger partial charge in [0.25, 0.3) is 0 Å². The number of aliphatic hydroxyl groups is 3. The van der Waals surface area contributed by atoms with Crippen molar-refractivity contribution in [2.75, 3.05) is 6.61 Å². The van der Waals surface area contributed by atoms with Crippen LogP contribution >= 0.6 is 0 Å². The fourth-order valence-electron chi connectivity index (χ4n) is 5.75. The third-order valence-electron chi connectivity index (χ3n) is 7.64. The molecule has 3 N–H and O–H groups in total. The Morgan fingerprint density at radius 3 is 2.59 bits per heavy atom. The van der Waals surface area contributed by atoms with E-state index in [-0.39, 0.29) is 36.4 Å². The second-order valence-corrected chi connectivity index (χ2v) is 9.67. The first-order valence-electron chi connectivity index (χ1n) is 11.1. The zero-order valence-electron chi connectivity index (χ0n) is 18.4. The molecule has 0 aromatic carbocycles. The van der Waals surface area contributed by atoms with Crippen molar-refractivity contribution in [1.82, 2.24) is 0 Å². The smallest absolute Gasteiger partial charge is 0.334 e. The average molecular weight is 453 g/mol. The van der Waals surface area contributed by atoms with Gasteiger partial charge < -0.3 is 34.3 Å². The number of fused-ring (bicyclic) bond motifs is 2. The van der Waals surface area contributed by atoms with Crippen LogP contribution < -0.4 is 0 Å². The molecule has 0 radical (unpaired) electrons. The van der Waals surface area contributed by atoms with Crippen LogP contribution in [0.2, 0.25) is 0 Å². The van der Waals surface area contributed by atoms with E-state index in [9.17, 15) is 24.9 Å². The Balaban J connectivity index is 1.53. The number of esters is 2. The summed E-state index contributed by atoms with van der Waals surface area (Å²) in [6.45, 7) is 11.1. The zero-order chi connectivity index (χ0) is 23.4. The number of carbonyl (C=O) groups is 2. The van der Waals surface area contributed by atoms with Crippen molar-refractivity contribution in [2.24, 2.45) is 17.8 Å². The summed E-state index contributed by atoms with van der Waals surface area (Å²) < 4.78 is 22.5. The van der Waals surface area contributed by atoms with Crippen LogP contribution in [0.25, 0.3) is 0 Å². The highest BCUT2D eigenvalue weighted by atomic mass is 16.7. The van der Waals surface area contributed by atoms with Gasteiger partial charge in [0.15, 0.2) is 6.29 Å². The quantitative estimate of drug-likeness (QED) is 0.319.